The summed E-state index contributed by atoms with van der Waals surface area (Å²) in [7, 11) is 0. The van der Waals surface area contributed by atoms with E-state index in [9.17, 15) is 19.8 Å². The molecule has 0 amide bonds. The highest BCUT2D eigenvalue weighted by Gasteiger charge is 2.45. The maximum atomic E-state index is 11.8. The number of allylic oxidation sites excluding steroid dienone is 2. The lowest BCUT2D eigenvalue weighted by atomic mass is 9.68. The summed E-state index contributed by atoms with van der Waals surface area (Å²) in [4.78, 5) is 23.1. The Bertz CT molecular complexity index is 632. The number of ether oxygens (including phenoxy) is 1. The molecule has 0 radical (unpaired) electrons. The van der Waals surface area contributed by atoms with Crippen LogP contribution in [0.2, 0.25) is 0 Å². The molecule has 0 fully saturated rings. The van der Waals surface area contributed by atoms with Gasteiger partial charge in [0, 0.05) is 18.1 Å². The van der Waals surface area contributed by atoms with Crippen LogP contribution in [0.5, 0.6) is 0 Å². The minimum atomic E-state index is -1.25. The number of rotatable bonds is 7. The van der Waals surface area contributed by atoms with Crippen molar-refractivity contribution < 1.29 is 24.5 Å². The van der Waals surface area contributed by atoms with Crippen molar-refractivity contribution in [3.05, 3.63) is 59.7 Å². The number of aliphatic carboxylic acids is 2. The fraction of sp³-hybridized carbons (Fsp3) is 0.333. The molecule has 2 atom stereocenters. The minimum absolute atomic E-state index is 0.109. The van der Waals surface area contributed by atoms with Crippen molar-refractivity contribution in [3.8, 4) is 0 Å². The molecule has 23 heavy (non-hydrogen) atoms. The highest BCUT2D eigenvalue weighted by atomic mass is 16.5. The summed E-state index contributed by atoms with van der Waals surface area (Å²) in [5, 5.41) is 18.9. The van der Waals surface area contributed by atoms with Gasteiger partial charge < -0.3 is 14.9 Å². The topological polar surface area (TPSA) is 83.8 Å². The third-order valence-corrected chi connectivity index (χ3v) is 4.33. The SMILES string of the molecule is CC1C(C(=O)O)=CC=CC1(CCOCc1ccccc1)C(=O)O. The smallest absolute Gasteiger partial charge is 0.331 e. The van der Waals surface area contributed by atoms with Gasteiger partial charge in [-0.3, -0.25) is 4.79 Å². The van der Waals surface area contributed by atoms with Gasteiger partial charge in [-0.25, -0.2) is 4.79 Å². The Morgan fingerprint density at radius 1 is 1.22 bits per heavy atom. The molecule has 5 nitrogen and oxygen atoms in total. The normalized spacial score (nSPS) is 23.3. The van der Waals surface area contributed by atoms with Crippen LogP contribution in [0.15, 0.2) is 54.1 Å². The fourth-order valence-corrected chi connectivity index (χ4v) is 2.81. The summed E-state index contributed by atoms with van der Waals surface area (Å²) in [6.07, 6.45) is 4.75. The first kappa shape index (κ1) is 17.0. The van der Waals surface area contributed by atoms with Crippen molar-refractivity contribution in [2.24, 2.45) is 11.3 Å². The highest BCUT2D eigenvalue weighted by Crippen LogP contribution is 2.41. The van der Waals surface area contributed by atoms with Crippen LogP contribution < -0.4 is 0 Å². The molecule has 1 aromatic rings. The standard InChI is InChI=1S/C18H20O5/c1-13-15(16(19)20)8-5-9-18(13,17(21)22)10-11-23-12-14-6-3-2-4-7-14/h2-9,13H,10-12H2,1H3,(H,19,20)(H,21,22). The number of carbonyl (C=O) groups is 2. The molecule has 0 heterocycles. The third-order valence-electron chi connectivity index (χ3n) is 4.33. The highest BCUT2D eigenvalue weighted by molar-refractivity contribution is 5.91. The summed E-state index contributed by atoms with van der Waals surface area (Å²) < 4.78 is 5.58. The Balaban J connectivity index is 2.02. The average molecular weight is 316 g/mol. The van der Waals surface area contributed by atoms with Gasteiger partial charge in [-0.05, 0) is 12.0 Å². The van der Waals surface area contributed by atoms with Crippen LogP contribution in [0.3, 0.4) is 0 Å². The second kappa shape index (κ2) is 7.24. The van der Waals surface area contributed by atoms with Crippen LogP contribution >= 0.6 is 0 Å². The molecule has 2 rings (SSSR count). The van der Waals surface area contributed by atoms with Crippen LogP contribution in [0, 0.1) is 11.3 Å². The van der Waals surface area contributed by atoms with E-state index in [4.69, 9.17) is 4.74 Å². The lowest BCUT2D eigenvalue weighted by Crippen LogP contribution is -2.40. The molecule has 2 unspecified atom stereocenters. The van der Waals surface area contributed by atoms with Crippen molar-refractivity contribution >= 4 is 11.9 Å². The summed E-state index contributed by atoms with van der Waals surface area (Å²) in [5.41, 5.74) is -0.132. The lowest BCUT2D eigenvalue weighted by molar-refractivity contribution is -0.149. The molecule has 0 bridgehead atoms. The molecule has 0 spiro atoms. The Morgan fingerprint density at radius 2 is 1.91 bits per heavy atom. The molecule has 0 saturated heterocycles. The fourth-order valence-electron chi connectivity index (χ4n) is 2.81. The van der Waals surface area contributed by atoms with Gasteiger partial charge in [-0.2, -0.15) is 0 Å². The van der Waals surface area contributed by atoms with E-state index in [0.717, 1.165) is 5.56 Å². The van der Waals surface area contributed by atoms with Crippen LogP contribution in [-0.2, 0) is 20.9 Å². The number of carboxylic acids is 2. The summed E-state index contributed by atoms with van der Waals surface area (Å²) in [6, 6.07) is 9.60. The number of hydrogen-bond acceptors (Lipinski definition) is 3. The molecular weight excluding hydrogens is 296 g/mol. The van der Waals surface area contributed by atoms with E-state index in [2.05, 4.69) is 0 Å². The van der Waals surface area contributed by atoms with Gasteiger partial charge in [0.1, 0.15) is 0 Å². The Hall–Kier alpha value is -2.40. The van der Waals surface area contributed by atoms with Crippen molar-refractivity contribution in [1.29, 1.82) is 0 Å². The largest absolute Gasteiger partial charge is 0.481 e. The van der Waals surface area contributed by atoms with Gasteiger partial charge in [0.15, 0.2) is 0 Å². The van der Waals surface area contributed by atoms with Gasteiger partial charge in [-0.15, -0.1) is 0 Å². The number of carboxylic acid groups (broad SMARTS) is 2. The van der Waals surface area contributed by atoms with E-state index in [1.807, 2.05) is 30.3 Å². The quantitative estimate of drug-likeness (QED) is 0.756. The van der Waals surface area contributed by atoms with Gasteiger partial charge in [0.2, 0.25) is 0 Å². The molecule has 1 aliphatic carbocycles. The second-order valence-corrected chi connectivity index (χ2v) is 5.64. The first-order valence-corrected chi connectivity index (χ1v) is 7.45. The molecule has 0 aliphatic heterocycles. The van der Waals surface area contributed by atoms with E-state index in [-0.39, 0.29) is 18.6 Å². The van der Waals surface area contributed by atoms with Crippen LogP contribution in [0.4, 0.5) is 0 Å². The van der Waals surface area contributed by atoms with Crippen LogP contribution in [0.1, 0.15) is 18.9 Å². The van der Waals surface area contributed by atoms with Gasteiger partial charge in [0.25, 0.3) is 0 Å². The first-order chi connectivity index (χ1) is 11.0. The molecular formula is C18H20O5. The molecule has 5 heteroatoms. The zero-order chi connectivity index (χ0) is 16.9. The van der Waals surface area contributed by atoms with E-state index < -0.39 is 23.3 Å². The third kappa shape index (κ3) is 3.68. The molecule has 0 aromatic heterocycles. The van der Waals surface area contributed by atoms with Crippen LogP contribution in [-0.4, -0.2) is 28.8 Å². The average Bonchev–Trinajstić information content (AvgIpc) is 2.53. The lowest BCUT2D eigenvalue weighted by Gasteiger charge is -2.34. The van der Waals surface area contributed by atoms with Gasteiger partial charge >= 0.3 is 11.9 Å². The Kier molecular flexibility index (Phi) is 5.34. The second-order valence-electron chi connectivity index (χ2n) is 5.64. The van der Waals surface area contributed by atoms with E-state index in [1.165, 1.54) is 12.2 Å². The Labute approximate surface area is 134 Å². The molecule has 122 valence electrons. The predicted molar refractivity (Wildman–Crippen MR) is 84.8 cm³/mol. The van der Waals surface area contributed by atoms with Crippen molar-refractivity contribution in [1.82, 2.24) is 0 Å². The van der Waals surface area contributed by atoms with Crippen LogP contribution in [0.25, 0.3) is 0 Å². The first-order valence-electron chi connectivity index (χ1n) is 7.45. The van der Waals surface area contributed by atoms with E-state index in [0.29, 0.717) is 6.61 Å². The Morgan fingerprint density at radius 3 is 2.52 bits per heavy atom. The molecule has 0 saturated carbocycles. The summed E-state index contributed by atoms with van der Waals surface area (Å²) in [6.45, 7) is 2.27. The zero-order valence-corrected chi connectivity index (χ0v) is 12.9. The zero-order valence-electron chi connectivity index (χ0n) is 12.9. The maximum absolute atomic E-state index is 11.8. The van der Waals surface area contributed by atoms with Gasteiger partial charge in [-0.1, -0.05) is 55.5 Å². The van der Waals surface area contributed by atoms with Crippen molar-refractivity contribution in [3.63, 3.8) is 0 Å². The number of benzene rings is 1. The van der Waals surface area contributed by atoms with Crippen molar-refractivity contribution in [2.75, 3.05) is 6.61 Å². The minimum Gasteiger partial charge on any atom is -0.481 e. The van der Waals surface area contributed by atoms with Gasteiger partial charge in [0.05, 0.1) is 12.0 Å². The molecule has 1 aliphatic rings. The van der Waals surface area contributed by atoms with Crippen molar-refractivity contribution in [2.45, 2.75) is 20.0 Å². The number of hydrogen-bond donors (Lipinski definition) is 2. The summed E-state index contributed by atoms with van der Waals surface area (Å²) in [5.74, 6) is -2.74. The van der Waals surface area contributed by atoms with E-state index in [1.54, 1.807) is 13.0 Å². The maximum Gasteiger partial charge on any atom is 0.331 e. The molecule has 1 aromatic carbocycles. The summed E-state index contributed by atoms with van der Waals surface area (Å²) >= 11 is 0. The van der Waals surface area contributed by atoms with E-state index >= 15 is 0 Å². The molecule has 2 N–H and O–H groups in total. The predicted octanol–water partition coefficient (Wildman–Crippen LogP) is 2.88. The monoisotopic (exact) mass is 316 g/mol.